The smallest absolute Gasteiger partial charge is 0.169 e. The van der Waals surface area contributed by atoms with E-state index in [0.29, 0.717) is 11.7 Å². The van der Waals surface area contributed by atoms with Crippen molar-refractivity contribution in [2.45, 2.75) is 39.0 Å². The van der Waals surface area contributed by atoms with E-state index in [4.69, 9.17) is 0 Å². The van der Waals surface area contributed by atoms with Gasteiger partial charge in [0, 0.05) is 11.0 Å². The van der Waals surface area contributed by atoms with Crippen LogP contribution in [0.3, 0.4) is 0 Å². The normalized spacial score (nSPS) is 29.2. The Morgan fingerprint density at radius 1 is 1.23 bits per heavy atom. The highest BCUT2D eigenvalue weighted by Crippen LogP contribution is 2.58. The first kappa shape index (κ1) is 12.6. The SMILES string of the molecule is Cc1cccc2cc3c(cc12)CCC1(CC2=CCC1C2)C3=O. The summed E-state index contributed by atoms with van der Waals surface area (Å²) in [6.07, 6.45) is 7.83. The Morgan fingerprint density at radius 2 is 2.14 bits per heavy atom. The minimum Gasteiger partial charge on any atom is -0.294 e. The minimum atomic E-state index is -0.0609. The molecule has 0 aliphatic heterocycles. The number of hydrogen-bond acceptors (Lipinski definition) is 1. The molecule has 2 aromatic carbocycles. The van der Waals surface area contributed by atoms with E-state index in [1.807, 2.05) is 0 Å². The Hall–Kier alpha value is -1.89. The zero-order valence-electron chi connectivity index (χ0n) is 13.0. The molecule has 3 aliphatic carbocycles. The third-order valence-corrected chi connectivity index (χ3v) is 6.38. The molecule has 5 rings (SSSR count). The number of aryl methyl sites for hydroxylation is 2. The van der Waals surface area contributed by atoms with Gasteiger partial charge in [-0.05, 0) is 72.9 Å². The lowest BCUT2D eigenvalue weighted by Crippen LogP contribution is -2.39. The number of carbonyl (C=O) groups is 1. The van der Waals surface area contributed by atoms with Crippen LogP contribution < -0.4 is 0 Å². The molecule has 0 amide bonds. The van der Waals surface area contributed by atoms with E-state index in [1.54, 1.807) is 5.57 Å². The van der Waals surface area contributed by atoms with Gasteiger partial charge < -0.3 is 0 Å². The Balaban J connectivity index is 1.69. The van der Waals surface area contributed by atoms with Crippen molar-refractivity contribution in [1.82, 2.24) is 0 Å². The number of ketones is 1. The highest BCUT2D eigenvalue weighted by Gasteiger charge is 2.53. The minimum absolute atomic E-state index is 0.0609. The van der Waals surface area contributed by atoms with Crippen molar-refractivity contribution in [2.75, 3.05) is 0 Å². The lowest BCUT2D eigenvalue weighted by atomic mass is 9.63. The second-order valence-corrected chi connectivity index (χ2v) is 7.47. The monoisotopic (exact) mass is 288 g/mol. The maximum Gasteiger partial charge on any atom is 0.169 e. The van der Waals surface area contributed by atoms with Crippen molar-refractivity contribution in [2.24, 2.45) is 11.3 Å². The van der Waals surface area contributed by atoms with Gasteiger partial charge in [0.1, 0.15) is 0 Å². The maximum atomic E-state index is 13.3. The topological polar surface area (TPSA) is 17.1 Å². The average molecular weight is 288 g/mol. The standard InChI is InChI=1S/C21H20O/c1-13-3-2-4-15-11-19-16(10-18(13)15)7-8-21(20(19)22)12-14-5-6-17(21)9-14/h2-5,10-11,17H,6-9,12H2,1H3. The molecule has 0 saturated heterocycles. The number of Topliss-reactive ketones (excluding diaryl/α,β-unsaturated/α-hetero) is 1. The molecule has 1 fully saturated rings. The average Bonchev–Trinajstić information content (AvgIpc) is 3.12. The molecule has 1 nitrogen and oxygen atoms in total. The van der Waals surface area contributed by atoms with E-state index in [0.717, 1.165) is 31.2 Å². The molecule has 2 unspecified atom stereocenters. The molecule has 0 radical (unpaired) electrons. The molecular weight excluding hydrogens is 268 g/mol. The predicted octanol–water partition coefficient (Wildman–Crippen LogP) is 5.00. The highest BCUT2D eigenvalue weighted by atomic mass is 16.1. The first-order valence-electron chi connectivity index (χ1n) is 8.42. The first-order chi connectivity index (χ1) is 10.7. The van der Waals surface area contributed by atoms with Gasteiger partial charge in [0.15, 0.2) is 5.78 Å². The van der Waals surface area contributed by atoms with Crippen molar-refractivity contribution in [1.29, 1.82) is 0 Å². The molecule has 2 bridgehead atoms. The van der Waals surface area contributed by atoms with E-state index >= 15 is 0 Å². The molecule has 1 saturated carbocycles. The Bertz CT molecular complexity index is 858. The van der Waals surface area contributed by atoms with E-state index in [1.165, 1.54) is 28.3 Å². The Morgan fingerprint density at radius 3 is 2.91 bits per heavy atom. The Labute approximate surface area is 131 Å². The number of hydrogen-bond donors (Lipinski definition) is 0. The third-order valence-electron chi connectivity index (χ3n) is 6.38. The number of allylic oxidation sites excluding steroid dienone is 2. The molecule has 0 aromatic heterocycles. The molecule has 1 spiro atoms. The largest absolute Gasteiger partial charge is 0.294 e. The van der Waals surface area contributed by atoms with Crippen molar-refractivity contribution >= 4 is 16.6 Å². The van der Waals surface area contributed by atoms with Gasteiger partial charge in [-0.15, -0.1) is 0 Å². The lowest BCUT2D eigenvalue weighted by molar-refractivity contribution is 0.0671. The molecule has 0 heterocycles. The molecule has 1 heteroatoms. The van der Waals surface area contributed by atoms with Gasteiger partial charge in [0.2, 0.25) is 0 Å². The van der Waals surface area contributed by atoms with Crippen LogP contribution in [0.4, 0.5) is 0 Å². The highest BCUT2D eigenvalue weighted by molar-refractivity contribution is 6.06. The fourth-order valence-corrected chi connectivity index (χ4v) is 5.15. The third kappa shape index (κ3) is 1.47. The van der Waals surface area contributed by atoms with Gasteiger partial charge in [-0.2, -0.15) is 0 Å². The molecule has 2 aromatic rings. The number of carbonyl (C=O) groups excluding carboxylic acids is 1. The van der Waals surface area contributed by atoms with Crippen LogP contribution in [0.5, 0.6) is 0 Å². The van der Waals surface area contributed by atoms with Crippen LogP contribution in [-0.2, 0) is 6.42 Å². The quantitative estimate of drug-likeness (QED) is 0.623. The molecular formula is C21H20O. The van der Waals surface area contributed by atoms with Gasteiger partial charge >= 0.3 is 0 Å². The summed E-state index contributed by atoms with van der Waals surface area (Å²) in [4.78, 5) is 13.3. The van der Waals surface area contributed by atoms with Crippen molar-refractivity contribution < 1.29 is 4.79 Å². The summed E-state index contributed by atoms with van der Waals surface area (Å²) in [6.45, 7) is 2.16. The fraction of sp³-hybridized carbons (Fsp3) is 0.381. The summed E-state index contributed by atoms with van der Waals surface area (Å²) in [7, 11) is 0. The van der Waals surface area contributed by atoms with Crippen LogP contribution in [-0.4, -0.2) is 5.78 Å². The van der Waals surface area contributed by atoms with Crippen molar-refractivity contribution in [3.63, 3.8) is 0 Å². The van der Waals surface area contributed by atoms with Crippen LogP contribution in [0.1, 0.15) is 47.2 Å². The van der Waals surface area contributed by atoms with E-state index in [-0.39, 0.29) is 5.41 Å². The summed E-state index contributed by atoms with van der Waals surface area (Å²) in [5.74, 6) is 1.02. The summed E-state index contributed by atoms with van der Waals surface area (Å²) in [5.41, 5.74) is 5.07. The molecule has 3 aliphatic rings. The summed E-state index contributed by atoms with van der Waals surface area (Å²) >= 11 is 0. The lowest BCUT2D eigenvalue weighted by Gasteiger charge is -2.39. The van der Waals surface area contributed by atoms with Crippen LogP contribution >= 0.6 is 0 Å². The summed E-state index contributed by atoms with van der Waals surface area (Å²) in [5, 5.41) is 2.52. The summed E-state index contributed by atoms with van der Waals surface area (Å²) < 4.78 is 0. The van der Waals surface area contributed by atoms with E-state index in [9.17, 15) is 4.79 Å². The summed E-state index contributed by atoms with van der Waals surface area (Å²) in [6, 6.07) is 10.8. The second-order valence-electron chi connectivity index (χ2n) is 7.47. The van der Waals surface area contributed by atoms with Crippen LogP contribution in [0.25, 0.3) is 10.8 Å². The van der Waals surface area contributed by atoms with Crippen LogP contribution in [0.2, 0.25) is 0 Å². The first-order valence-corrected chi connectivity index (χ1v) is 8.42. The van der Waals surface area contributed by atoms with Gasteiger partial charge in [-0.3, -0.25) is 4.79 Å². The number of benzene rings is 2. The molecule has 110 valence electrons. The van der Waals surface area contributed by atoms with Gasteiger partial charge in [-0.25, -0.2) is 0 Å². The van der Waals surface area contributed by atoms with Crippen molar-refractivity contribution in [3.8, 4) is 0 Å². The predicted molar refractivity (Wildman–Crippen MR) is 89.2 cm³/mol. The zero-order chi connectivity index (χ0) is 14.9. The molecule has 22 heavy (non-hydrogen) atoms. The Kier molecular flexibility index (Phi) is 2.35. The zero-order valence-corrected chi connectivity index (χ0v) is 13.0. The number of fused-ring (bicyclic) bond motifs is 5. The van der Waals surface area contributed by atoms with Crippen LogP contribution in [0, 0.1) is 18.3 Å². The van der Waals surface area contributed by atoms with Gasteiger partial charge in [0.05, 0.1) is 0 Å². The maximum absolute atomic E-state index is 13.3. The van der Waals surface area contributed by atoms with E-state index < -0.39 is 0 Å². The fourth-order valence-electron chi connectivity index (χ4n) is 5.15. The van der Waals surface area contributed by atoms with Gasteiger partial charge in [0.25, 0.3) is 0 Å². The van der Waals surface area contributed by atoms with E-state index in [2.05, 4.69) is 43.3 Å². The number of rotatable bonds is 0. The molecule has 2 atom stereocenters. The van der Waals surface area contributed by atoms with Crippen molar-refractivity contribution in [3.05, 3.63) is 58.7 Å². The molecule has 0 N–H and O–H groups in total. The van der Waals surface area contributed by atoms with Crippen LogP contribution in [0.15, 0.2) is 42.0 Å². The second kappa shape index (κ2) is 4.10. The van der Waals surface area contributed by atoms with Gasteiger partial charge in [-0.1, -0.05) is 35.9 Å².